The number of hydrogen-bond acceptors (Lipinski definition) is 2. The third-order valence-electron chi connectivity index (χ3n) is 2.34. The molecule has 1 aromatic rings. The molecule has 2 nitrogen and oxygen atoms in total. The minimum atomic E-state index is -1.06. The number of epoxide rings is 1. The van der Waals surface area contributed by atoms with E-state index in [-0.39, 0.29) is 0 Å². The molecule has 1 fully saturated rings. The minimum absolute atomic E-state index is 0.436. The first kappa shape index (κ1) is 7.77. The van der Waals surface area contributed by atoms with Gasteiger partial charge in [0.2, 0.25) is 5.79 Å². The lowest BCUT2D eigenvalue weighted by atomic mass is 10.00. The van der Waals surface area contributed by atoms with Crippen LogP contribution in [0.3, 0.4) is 0 Å². The van der Waals surface area contributed by atoms with Crippen molar-refractivity contribution in [2.24, 2.45) is 0 Å². The summed E-state index contributed by atoms with van der Waals surface area (Å²) in [7, 11) is 0. The fourth-order valence-corrected chi connectivity index (χ4v) is 1.41. The van der Waals surface area contributed by atoms with Crippen LogP contribution < -0.4 is 0 Å². The molecule has 1 aromatic carbocycles. The molecule has 0 radical (unpaired) electrons. The number of benzene rings is 1. The molecular formula is C10H12O2. The lowest BCUT2D eigenvalue weighted by molar-refractivity contribution is 0.0331. The van der Waals surface area contributed by atoms with Gasteiger partial charge in [0.15, 0.2) is 0 Å². The van der Waals surface area contributed by atoms with E-state index in [0.29, 0.717) is 0 Å². The monoisotopic (exact) mass is 164 g/mol. The van der Waals surface area contributed by atoms with Crippen molar-refractivity contribution in [2.75, 3.05) is 0 Å². The van der Waals surface area contributed by atoms with Crippen molar-refractivity contribution in [1.82, 2.24) is 0 Å². The molecule has 12 heavy (non-hydrogen) atoms. The van der Waals surface area contributed by atoms with Crippen LogP contribution in [0.4, 0.5) is 0 Å². The molecule has 0 amide bonds. The zero-order valence-electron chi connectivity index (χ0n) is 7.24. The van der Waals surface area contributed by atoms with Crippen LogP contribution in [0.2, 0.25) is 0 Å². The van der Waals surface area contributed by atoms with Gasteiger partial charge in [0.25, 0.3) is 0 Å². The normalized spacial score (nSPS) is 31.6. The van der Waals surface area contributed by atoms with Crippen LogP contribution in [0.25, 0.3) is 0 Å². The van der Waals surface area contributed by atoms with E-state index in [1.807, 2.05) is 44.2 Å². The topological polar surface area (TPSA) is 32.8 Å². The summed E-state index contributed by atoms with van der Waals surface area (Å²) in [6.07, 6.45) is 0. The first-order valence-electron chi connectivity index (χ1n) is 4.04. The molecule has 1 heterocycles. The maximum Gasteiger partial charge on any atom is 0.222 e. The van der Waals surface area contributed by atoms with Crippen LogP contribution in [0.1, 0.15) is 19.4 Å². The second-order valence-electron chi connectivity index (χ2n) is 3.62. The summed E-state index contributed by atoms with van der Waals surface area (Å²) < 4.78 is 5.23. The van der Waals surface area contributed by atoms with Gasteiger partial charge in [-0.05, 0) is 13.8 Å². The molecule has 64 valence electrons. The Morgan fingerprint density at radius 3 is 2.08 bits per heavy atom. The van der Waals surface area contributed by atoms with Gasteiger partial charge in [-0.2, -0.15) is 0 Å². The van der Waals surface area contributed by atoms with Gasteiger partial charge in [0, 0.05) is 5.56 Å². The lowest BCUT2D eigenvalue weighted by Gasteiger charge is -2.06. The highest BCUT2D eigenvalue weighted by atomic mass is 16.7. The number of ether oxygens (including phenoxy) is 1. The summed E-state index contributed by atoms with van der Waals surface area (Å²) in [4.78, 5) is 0. The van der Waals surface area contributed by atoms with Gasteiger partial charge >= 0.3 is 0 Å². The van der Waals surface area contributed by atoms with Crippen LogP contribution in [0, 0.1) is 0 Å². The zero-order valence-corrected chi connectivity index (χ0v) is 7.24. The number of aliphatic hydroxyl groups is 1. The predicted molar refractivity (Wildman–Crippen MR) is 45.5 cm³/mol. The van der Waals surface area contributed by atoms with Crippen molar-refractivity contribution in [2.45, 2.75) is 25.2 Å². The van der Waals surface area contributed by atoms with E-state index in [1.165, 1.54) is 0 Å². The Morgan fingerprint density at radius 1 is 1.17 bits per heavy atom. The van der Waals surface area contributed by atoms with E-state index in [9.17, 15) is 5.11 Å². The molecule has 0 spiro atoms. The largest absolute Gasteiger partial charge is 0.360 e. The van der Waals surface area contributed by atoms with E-state index < -0.39 is 11.4 Å². The van der Waals surface area contributed by atoms with Crippen molar-refractivity contribution >= 4 is 0 Å². The molecule has 2 heteroatoms. The van der Waals surface area contributed by atoms with Gasteiger partial charge in [-0.15, -0.1) is 0 Å². The Balaban J connectivity index is 2.35. The molecule has 1 N–H and O–H groups in total. The van der Waals surface area contributed by atoms with Gasteiger partial charge < -0.3 is 9.84 Å². The highest BCUT2D eigenvalue weighted by Gasteiger charge is 2.64. The fourth-order valence-electron chi connectivity index (χ4n) is 1.41. The zero-order chi connectivity index (χ0) is 8.82. The summed E-state index contributed by atoms with van der Waals surface area (Å²) in [6.45, 7) is 3.75. The van der Waals surface area contributed by atoms with Crippen molar-refractivity contribution < 1.29 is 9.84 Å². The summed E-state index contributed by atoms with van der Waals surface area (Å²) in [5.74, 6) is -1.06. The average molecular weight is 164 g/mol. The molecule has 0 bridgehead atoms. The van der Waals surface area contributed by atoms with Crippen molar-refractivity contribution in [3.8, 4) is 0 Å². The van der Waals surface area contributed by atoms with Crippen LogP contribution >= 0.6 is 0 Å². The first-order valence-corrected chi connectivity index (χ1v) is 4.04. The standard InChI is InChI=1S/C10H12O2/c1-9(2)10(11,12-9)8-6-4-3-5-7-8/h3-7,11H,1-2H3. The highest BCUT2D eigenvalue weighted by Crippen LogP contribution is 2.52. The molecule has 1 aliphatic rings. The van der Waals surface area contributed by atoms with Crippen LogP contribution in [-0.2, 0) is 10.5 Å². The minimum Gasteiger partial charge on any atom is -0.360 e. The van der Waals surface area contributed by atoms with Gasteiger partial charge in [-0.3, -0.25) is 0 Å². The van der Waals surface area contributed by atoms with Crippen LogP contribution in [-0.4, -0.2) is 10.7 Å². The summed E-state index contributed by atoms with van der Waals surface area (Å²) in [6, 6.07) is 9.45. The van der Waals surface area contributed by atoms with Crippen LogP contribution in [0.5, 0.6) is 0 Å². The quantitative estimate of drug-likeness (QED) is 0.640. The van der Waals surface area contributed by atoms with Gasteiger partial charge in [0.1, 0.15) is 5.60 Å². The average Bonchev–Trinajstić information content (AvgIpc) is 2.55. The molecule has 0 saturated carbocycles. The van der Waals surface area contributed by atoms with Gasteiger partial charge in [-0.1, -0.05) is 30.3 Å². The smallest absolute Gasteiger partial charge is 0.222 e. The second kappa shape index (κ2) is 2.09. The van der Waals surface area contributed by atoms with Crippen molar-refractivity contribution in [3.05, 3.63) is 35.9 Å². The number of hydrogen-bond donors (Lipinski definition) is 1. The summed E-state index contributed by atoms with van der Waals surface area (Å²) in [5.41, 5.74) is 0.393. The maximum absolute atomic E-state index is 9.91. The van der Waals surface area contributed by atoms with E-state index in [2.05, 4.69) is 0 Å². The molecule has 1 atom stereocenters. The van der Waals surface area contributed by atoms with Gasteiger partial charge in [-0.25, -0.2) is 0 Å². The number of rotatable bonds is 1. The lowest BCUT2D eigenvalue weighted by Crippen LogP contribution is -2.17. The molecular weight excluding hydrogens is 152 g/mol. The Kier molecular flexibility index (Phi) is 1.35. The Bertz CT molecular complexity index is 292. The van der Waals surface area contributed by atoms with Gasteiger partial charge in [0.05, 0.1) is 0 Å². The van der Waals surface area contributed by atoms with E-state index in [4.69, 9.17) is 4.74 Å². The Labute approximate surface area is 71.8 Å². The van der Waals surface area contributed by atoms with E-state index >= 15 is 0 Å². The predicted octanol–water partition coefficient (Wildman–Crippen LogP) is 1.64. The second-order valence-corrected chi connectivity index (χ2v) is 3.62. The van der Waals surface area contributed by atoms with Crippen molar-refractivity contribution in [3.63, 3.8) is 0 Å². The fraction of sp³-hybridized carbons (Fsp3) is 0.400. The van der Waals surface area contributed by atoms with Crippen molar-refractivity contribution in [1.29, 1.82) is 0 Å². The highest BCUT2D eigenvalue weighted by molar-refractivity contribution is 5.28. The molecule has 0 aliphatic carbocycles. The molecule has 1 unspecified atom stereocenters. The van der Waals surface area contributed by atoms with E-state index in [0.717, 1.165) is 5.56 Å². The summed E-state index contributed by atoms with van der Waals surface area (Å²) >= 11 is 0. The molecule has 1 saturated heterocycles. The van der Waals surface area contributed by atoms with E-state index in [1.54, 1.807) is 0 Å². The molecule has 1 aliphatic heterocycles. The first-order chi connectivity index (χ1) is 5.56. The third kappa shape index (κ3) is 0.886. The SMILES string of the molecule is CC1(C)OC1(O)c1ccccc1. The summed E-state index contributed by atoms with van der Waals surface area (Å²) in [5, 5.41) is 9.91. The third-order valence-corrected chi connectivity index (χ3v) is 2.34. The molecule has 0 aromatic heterocycles. The Morgan fingerprint density at radius 2 is 1.67 bits per heavy atom. The maximum atomic E-state index is 9.91. The Hall–Kier alpha value is -0.860. The molecule has 2 rings (SSSR count). The van der Waals surface area contributed by atoms with Crippen LogP contribution in [0.15, 0.2) is 30.3 Å².